The number of halogens is 1. The number of hydrogen-bond donors (Lipinski definition) is 1. The zero-order valence-electron chi connectivity index (χ0n) is 10.8. The highest BCUT2D eigenvalue weighted by molar-refractivity contribution is 9.10. The van der Waals surface area contributed by atoms with E-state index in [0.29, 0.717) is 13.1 Å². The molecule has 0 saturated carbocycles. The van der Waals surface area contributed by atoms with Crippen molar-refractivity contribution in [3.8, 4) is 0 Å². The Hall–Kier alpha value is -0.430. The molecule has 2 rings (SSSR count). The molecule has 0 spiro atoms. The van der Waals surface area contributed by atoms with Crippen molar-refractivity contribution in [3.63, 3.8) is 0 Å². The summed E-state index contributed by atoms with van der Waals surface area (Å²) < 4.78 is 27.0. The van der Waals surface area contributed by atoms with Gasteiger partial charge in [-0.15, -0.1) is 0 Å². The Morgan fingerprint density at radius 3 is 2.58 bits per heavy atom. The molecule has 106 valence electrons. The van der Waals surface area contributed by atoms with Crippen molar-refractivity contribution in [3.05, 3.63) is 34.3 Å². The van der Waals surface area contributed by atoms with Crippen molar-refractivity contribution in [2.45, 2.75) is 25.2 Å². The van der Waals surface area contributed by atoms with Crippen molar-refractivity contribution >= 4 is 26.0 Å². The van der Waals surface area contributed by atoms with E-state index in [9.17, 15) is 13.5 Å². The van der Waals surface area contributed by atoms with E-state index >= 15 is 0 Å². The van der Waals surface area contributed by atoms with Crippen LogP contribution in [0.15, 0.2) is 28.7 Å². The Bertz CT molecular complexity index is 527. The number of benzene rings is 1. The Morgan fingerprint density at radius 1 is 1.42 bits per heavy atom. The largest absolute Gasteiger partial charge is 0.393 e. The molecule has 1 saturated heterocycles. The summed E-state index contributed by atoms with van der Waals surface area (Å²) in [5.74, 6) is 0.0759. The molecule has 2 unspecified atom stereocenters. The molecule has 1 heterocycles. The van der Waals surface area contributed by atoms with Gasteiger partial charge < -0.3 is 5.11 Å². The summed E-state index contributed by atoms with van der Waals surface area (Å²) >= 11 is 3.33. The minimum Gasteiger partial charge on any atom is -0.393 e. The van der Waals surface area contributed by atoms with Gasteiger partial charge in [0.1, 0.15) is 0 Å². The van der Waals surface area contributed by atoms with Crippen LogP contribution in [0.5, 0.6) is 0 Å². The van der Waals surface area contributed by atoms with Crippen LogP contribution in [-0.2, 0) is 15.8 Å². The molecule has 4 nitrogen and oxygen atoms in total. The van der Waals surface area contributed by atoms with Crippen LogP contribution in [0.4, 0.5) is 0 Å². The molecule has 6 heteroatoms. The van der Waals surface area contributed by atoms with Crippen LogP contribution < -0.4 is 0 Å². The van der Waals surface area contributed by atoms with E-state index in [2.05, 4.69) is 15.9 Å². The fourth-order valence-electron chi connectivity index (χ4n) is 2.28. The average molecular weight is 348 g/mol. The summed E-state index contributed by atoms with van der Waals surface area (Å²) in [5.41, 5.74) is 0.781. The second kappa shape index (κ2) is 5.91. The van der Waals surface area contributed by atoms with Crippen LogP contribution in [0.3, 0.4) is 0 Å². The summed E-state index contributed by atoms with van der Waals surface area (Å²) in [6.07, 6.45) is 0.282. The maximum atomic E-state index is 12.3. The van der Waals surface area contributed by atoms with Gasteiger partial charge in [0.15, 0.2) is 0 Å². The number of rotatable bonds is 4. The van der Waals surface area contributed by atoms with Gasteiger partial charge in [-0.3, -0.25) is 0 Å². The lowest BCUT2D eigenvalue weighted by Gasteiger charge is -2.17. The third kappa shape index (κ3) is 3.78. The fourth-order valence-corrected chi connectivity index (χ4v) is 4.15. The molecule has 2 atom stereocenters. The predicted octanol–water partition coefficient (Wildman–Crippen LogP) is 1.98. The van der Waals surface area contributed by atoms with Crippen molar-refractivity contribution < 1.29 is 13.5 Å². The van der Waals surface area contributed by atoms with Gasteiger partial charge in [0.05, 0.1) is 11.9 Å². The van der Waals surface area contributed by atoms with E-state index in [1.807, 2.05) is 24.3 Å². The molecular weight excluding hydrogens is 330 g/mol. The Kier molecular flexibility index (Phi) is 4.66. The van der Waals surface area contributed by atoms with Crippen LogP contribution in [0, 0.1) is 5.92 Å². The van der Waals surface area contributed by atoms with Crippen molar-refractivity contribution in [1.29, 1.82) is 0 Å². The van der Waals surface area contributed by atoms with E-state index in [1.165, 1.54) is 4.31 Å². The highest BCUT2D eigenvalue weighted by atomic mass is 79.9. The Labute approximate surface area is 122 Å². The molecule has 1 N–H and O–H groups in total. The molecule has 0 amide bonds. The third-order valence-electron chi connectivity index (χ3n) is 3.53. The molecule has 19 heavy (non-hydrogen) atoms. The molecule has 0 bridgehead atoms. The quantitative estimate of drug-likeness (QED) is 0.905. The van der Waals surface area contributed by atoms with Gasteiger partial charge >= 0.3 is 0 Å². The predicted molar refractivity (Wildman–Crippen MR) is 78.1 cm³/mol. The SMILES string of the molecule is CC(O)C1CCN(S(=O)(=O)Cc2ccc(Br)cc2)C1. The van der Waals surface area contributed by atoms with E-state index < -0.39 is 16.1 Å². The molecule has 1 aliphatic rings. The monoisotopic (exact) mass is 347 g/mol. The summed E-state index contributed by atoms with van der Waals surface area (Å²) in [6.45, 7) is 2.65. The second-order valence-electron chi connectivity index (χ2n) is 5.03. The van der Waals surface area contributed by atoms with Gasteiger partial charge in [0.25, 0.3) is 0 Å². The van der Waals surface area contributed by atoms with Gasteiger partial charge in [-0.1, -0.05) is 28.1 Å². The highest BCUT2D eigenvalue weighted by Crippen LogP contribution is 2.24. The Balaban J connectivity index is 2.05. The maximum absolute atomic E-state index is 12.3. The number of sulfonamides is 1. The topological polar surface area (TPSA) is 57.6 Å². The van der Waals surface area contributed by atoms with E-state index in [1.54, 1.807) is 6.92 Å². The first-order valence-electron chi connectivity index (χ1n) is 6.29. The van der Waals surface area contributed by atoms with Crippen molar-refractivity contribution in [1.82, 2.24) is 4.31 Å². The number of aliphatic hydroxyl groups is 1. The molecular formula is C13H18BrNO3S. The molecule has 1 aliphatic heterocycles. The smallest absolute Gasteiger partial charge is 0.218 e. The molecule has 0 aliphatic carbocycles. The summed E-state index contributed by atoms with van der Waals surface area (Å²) in [5, 5.41) is 9.53. The lowest BCUT2D eigenvalue weighted by molar-refractivity contribution is 0.133. The van der Waals surface area contributed by atoms with E-state index in [0.717, 1.165) is 16.5 Å². The number of hydrogen-bond acceptors (Lipinski definition) is 3. The zero-order valence-corrected chi connectivity index (χ0v) is 13.2. The number of nitrogens with zero attached hydrogens (tertiary/aromatic N) is 1. The van der Waals surface area contributed by atoms with Crippen LogP contribution in [0.2, 0.25) is 0 Å². The van der Waals surface area contributed by atoms with Crippen molar-refractivity contribution in [2.24, 2.45) is 5.92 Å². The molecule has 1 aromatic carbocycles. The van der Waals surface area contributed by atoms with Crippen LogP contribution >= 0.6 is 15.9 Å². The standard InChI is InChI=1S/C13H18BrNO3S/c1-10(16)12-6-7-15(8-12)19(17,18)9-11-2-4-13(14)5-3-11/h2-5,10,12,16H,6-9H2,1H3. The summed E-state index contributed by atoms with van der Waals surface area (Å²) in [7, 11) is -3.29. The first-order chi connectivity index (χ1) is 8.88. The summed E-state index contributed by atoms with van der Waals surface area (Å²) in [4.78, 5) is 0. The van der Waals surface area contributed by atoms with Gasteiger partial charge in [-0.05, 0) is 37.0 Å². The third-order valence-corrected chi connectivity index (χ3v) is 5.87. The lowest BCUT2D eigenvalue weighted by atomic mass is 10.0. The van der Waals surface area contributed by atoms with Crippen LogP contribution in [-0.4, -0.2) is 37.0 Å². The molecule has 0 aromatic heterocycles. The van der Waals surface area contributed by atoms with E-state index in [-0.39, 0.29) is 11.7 Å². The first kappa shape index (κ1) is 15.0. The van der Waals surface area contributed by atoms with E-state index in [4.69, 9.17) is 0 Å². The molecule has 0 radical (unpaired) electrons. The fraction of sp³-hybridized carbons (Fsp3) is 0.538. The zero-order chi connectivity index (χ0) is 14.0. The lowest BCUT2D eigenvalue weighted by Crippen LogP contribution is -2.31. The van der Waals surface area contributed by atoms with Crippen molar-refractivity contribution in [2.75, 3.05) is 13.1 Å². The van der Waals surface area contributed by atoms with Gasteiger partial charge in [-0.25, -0.2) is 12.7 Å². The van der Waals surface area contributed by atoms with Gasteiger partial charge in [0.2, 0.25) is 10.0 Å². The normalized spacial score (nSPS) is 22.6. The summed E-state index contributed by atoms with van der Waals surface area (Å²) in [6, 6.07) is 7.30. The Morgan fingerprint density at radius 2 is 2.05 bits per heavy atom. The molecule has 1 aromatic rings. The van der Waals surface area contributed by atoms with Crippen LogP contribution in [0.25, 0.3) is 0 Å². The molecule has 1 fully saturated rings. The van der Waals surface area contributed by atoms with Gasteiger partial charge in [0, 0.05) is 17.6 Å². The maximum Gasteiger partial charge on any atom is 0.218 e. The average Bonchev–Trinajstić information content (AvgIpc) is 2.82. The highest BCUT2D eigenvalue weighted by Gasteiger charge is 2.33. The van der Waals surface area contributed by atoms with Gasteiger partial charge in [-0.2, -0.15) is 0 Å². The minimum absolute atomic E-state index is 0.0206. The van der Waals surface area contributed by atoms with Crippen LogP contribution in [0.1, 0.15) is 18.9 Å². The first-order valence-corrected chi connectivity index (χ1v) is 8.69. The minimum atomic E-state index is -3.29. The number of aliphatic hydroxyl groups excluding tert-OH is 1. The second-order valence-corrected chi connectivity index (χ2v) is 7.91.